The Kier molecular flexibility index (Phi) is 2.47. The van der Waals surface area contributed by atoms with E-state index in [2.05, 4.69) is 44.3 Å². The Hall–Kier alpha value is -1.02. The first-order chi connectivity index (χ1) is 7.02. The van der Waals surface area contributed by atoms with E-state index in [0.29, 0.717) is 6.04 Å². The summed E-state index contributed by atoms with van der Waals surface area (Å²) in [6.45, 7) is 7.45. The summed E-state index contributed by atoms with van der Waals surface area (Å²) in [5, 5.41) is 3.27. The van der Waals surface area contributed by atoms with Crippen LogP contribution in [0.5, 0.6) is 5.75 Å². The van der Waals surface area contributed by atoms with Crippen molar-refractivity contribution in [1.82, 2.24) is 5.32 Å². The molecule has 0 saturated heterocycles. The highest BCUT2D eigenvalue weighted by molar-refractivity contribution is 5.44. The fraction of sp³-hybridized carbons (Fsp3) is 0.538. The Bertz CT molecular complexity index is 365. The summed E-state index contributed by atoms with van der Waals surface area (Å²) < 4.78 is 5.61. The number of rotatable bonds is 1. The third-order valence-electron chi connectivity index (χ3n) is 3.01. The van der Waals surface area contributed by atoms with Gasteiger partial charge in [-0.15, -0.1) is 0 Å². The lowest BCUT2D eigenvalue weighted by Crippen LogP contribution is -2.18. The Labute approximate surface area is 91.6 Å². The first kappa shape index (κ1) is 10.5. The molecule has 82 valence electrons. The topological polar surface area (TPSA) is 21.3 Å². The normalized spacial score (nSPS) is 19.9. The Morgan fingerprint density at radius 1 is 1.33 bits per heavy atom. The monoisotopic (exact) mass is 205 g/mol. The molecule has 0 bridgehead atoms. The second-order valence-electron chi connectivity index (χ2n) is 5.15. The van der Waals surface area contributed by atoms with Crippen LogP contribution in [0.15, 0.2) is 18.2 Å². The molecule has 0 radical (unpaired) electrons. The second kappa shape index (κ2) is 3.53. The van der Waals surface area contributed by atoms with E-state index in [9.17, 15) is 0 Å². The van der Waals surface area contributed by atoms with Crippen molar-refractivity contribution in [1.29, 1.82) is 0 Å². The summed E-state index contributed by atoms with van der Waals surface area (Å²) >= 11 is 0. The summed E-state index contributed by atoms with van der Waals surface area (Å²) in [4.78, 5) is 0. The highest BCUT2D eigenvalue weighted by atomic mass is 16.5. The molecule has 2 nitrogen and oxygen atoms in total. The molecule has 1 N–H and O–H groups in total. The Balaban J connectivity index is 2.41. The molecule has 1 aliphatic heterocycles. The smallest absolute Gasteiger partial charge is 0.124 e. The van der Waals surface area contributed by atoms with Crippen LogP contribution in [-0.2, 0) is 5.41 Å². The first-order valence-corrected chi connectivity index (χ1v) is 5.47. The van der Waals surface area contributed by atoms with Crippen molar-refractivity contribution < 1.29 is 4.74 Å². The fourth-order valence-electron chi connectivity index (χ4n) is 1.92. The van der Waals surface area contributed by atoms with Crippen LogP contribution in [0.3, 0.4) is 0 Å². The molecule has 2 rings (SSSR count). The molecule has 0 spiro atoms. The molecular weight excluding hydrogens is 186 g/mol. The van der Waals surface area contributed by atoms with Gasteiger partial charge in [0.2, 0.25) is 0 Å². The van der Waals surface area contributed by atoms with E-state index < -0.39 is 0 Å². The van der Waals surface area contributed by atoms with Gasteiger partial charge in [-0.3, -0.25) is 0 Å². The lowest BCUT2D eigenvalue weighted by Gasteiger charge is -2.20. The van der Waals surface area contributed by atoms with Gasteiger partial charge in [0.1, 0.15) is 12.4 Å². The van der Waals surface area contributed by atoms with Gasteiger partial charge in [-0.1, -0.05) is 26.8 Å². The van der Waals surface area contributed by atoms with Gasteiger partial charge in [-0.2, -0.15) is 0 Å². The van der Waals surface area contributed by atoms with Crippen LogP contribution in [0.1, 0.15) is 37.9 Å². The number of ether oxygens (including phenoxy) is 1. The molecule has 0 fully saturated rings. The minimum Gasteiger partial charge on any atom is -0.491 e. The third-order valence-corrected chi connectivity index (χ3v) is 3.01. The average Bonchev–Trinajstić information content (AvgIpc) is 2.57. The summed E-state index contributed by atoms with van der Waals surface area (Å²) in [6, 6.07) is 6.87. The van der Waals surface area contributed by atoms with Crippen LogP contribution < -0.4 is 10.1 Å². The van der Waals surface area contributed by atoms with E-state index in [-0.39, 0.29) is 5.41 Å². The highest BCUT2D eigenvalue weighted by Gasteiger charge is 2.24. The second-order valence-corrected chi connectivity index (χ2v) is 5.15. The van der Waals surface area contributed by atoms with E-state index in [4.69, 9.17) is 4.74 Å². The minimum absolute atomic E-state index is 0.204. The zero-order valence-electron chi connectivity index (χ0n) is 9.92. The van der Waals surface area contributed by atoms with E-state index in [1.54, 1.807) is 0 Å². The number of hydrogen-bond donors (Lipinski definition) is 1. The van der Waals surface area contributed by atoms with Crippen LogP contribution >= 0.6 is 0 Å². The molecule has 15 heavy (non-hydrogen) atoms. The van der Waals surface area contributed by atoms with E-state index in [1.807, 2.05) is 7.05 Å². The molecule has 0 aromatic heterocycles. The highest BCUT2D eigenvalue weighted by Crippen LogP contribution is 2.35. The maximum absolute atomic E-state index is 5.61. The number of fused-ring (bicyclic) bond motifs is 1. The molecule has 0 amide bonds. The predicted molar refractivity (Wildman–Crippen MR) is 62.4 cm³/mol. The Morgan fingerprint density at radius 2 is 2.07 bits per heavy atom. The van der Waals surface area contributed by atoms with E-state index >= 15 is 0 Å². The molecule has 0 saturated carbocycles. The van der Waals surface area contributed by atoms with E-state index in [1.165, 1.54) is 11.1 Å². The van der Waals surface area contributed by atoms with Crippen molar-refractivity contribution in [3.8, 4) is 5.75 Å². The summed E-state index contributed by atoms with van der Waals surface area (Å²) in [6.07, 6.45) is 0. The van der Waals surface area contributed by atoms with Crippen molar-refractivity contribution in [2.75, 3.05) is 13.7 Å². The van der Waals surface area contributed by atoms with Crippen LogP contribution in [0, 0.1) is 0 Å². The van der Waals surface area contributed by atoms with Crippen LogP contribution in [-0.4, -0.2) is 13.7 Å². The number of hydrogen-bond acceptors (Lipinski definition) is 2. The van der Waals surface area contributed by atoms with Gasteiger partial charge >= 0.3 is 0 Å². The van der Waals surface area contributed by atoms with Crippen molar-refractivity contribution in [2.24, 2.45) is 0 Å². The minimum atomic E-state index is 0.204. The van der Waals surface area contributed by atoms with Crippen LogP contribution in [0.4, 0.5) is 0 Å². The molecule has 1 unspecified atom stereocenters. The standard InChI is InChI=1S/C13H19NO/c1-13(2,3)9-5-6-12-10(7-9)11(14-4)8-15-12/h5-7,11,14H,8H2,1-4H3. The van der Waals surface area contributed by atoms with Gasteiger partial charge in [-0.05, 0) is 30.2 Å². The van der Waals surface area contributed by atoms with E-state index in [0.717, 1.165) is 12.4 Å². The van der Waals surface area contributed by atoms with Gasteiger partial charge in [-0.25, -0.2) is 0 Å². The van der Waals surface area contributed by atoms with Crippen LogP contribution in [0.2, 0.25) is 0 Å². The van der Waals surface area contributed by atoms with Gasteiger partial charge in [0, 0.05) is 5.56 Å². The number of nitrogens with one attached hydrogen (secondary N) is 1. The molecule has 1 aromatic rings. The van der Waals surface area contributed by atoms with Crippen molar-refractivity contribution >= 4 is 0 Å². The molecular formula is C13H19NO. The summed E-state index contributed by atoms with van der Waals surface area (Å²) in [5.41, 5.74) is 2.87. The van der Waals surface area contributed by atoms with Gasteiger partial charge in [0.05, 0.1) is 6.04 Å². The van der Waals surface area contributed by atoms with Gasteiger partial charge < -0.3 is 10.1 Å². The first-order valence-electron chi connectivity index (χ1n) is 5.47. The zero-order valence-corrected chi connectivity index (χ0v) is 9.92. The molecule has 1 aromatic carbocycles. The number of benzene rings is 1. The molecule has 1 aliphatic rings. The lowest BCUT2D eigenvalue weighted by atomic mass is 9.85. The zero-order chi connectivity index (χ0) is 11.1. The molecule has 1 heterocycles. The SMILES string of the molecule is CNC1COc2ccc(C(C)(C)C)cc21. The third kappa shape index (κ3) is 1.86. The fourth-order valence-corrected chi connectivity index (χ4v) is 1.92. The average molecular weight is 205 g/mol. The van der Waals surface area contributed by atoms with Crippen molar-refractivity contribution in [2.45, 2.75) is 32.2 Å². The van der Waals surface area contributed by atoms with Gasteiger partial charge in [0.15, 0.2) is 0 Å². The maximum Gasteiger partial charge on any atom is 0.124 e. The largest absolute Gasteiger partial charge is 0.491 e. The summed E-state index contributed by atoms with van der Waals surface area (Å²) in [5.74, 6) is 1.03. The molecule has 2 heteroatoms. The molecule has 0 aliphatic carbocycles. The van der Waals surface area contributed by atoms with Gasteiger partial charge in [0.25, 0.3) is 0 Å². The van der Waals surface area contributed by atoms with Crippen molar-refractivity contribution in [3.63, 3.8) is 0 Å². The lowest BCUT2D eigenvalue weighted by molar-refractivity contribution is 0.318. The van der Waals surface area contributed by atoms with Crippen molar-refractivity contribution in [3.05, 3.63) is 29.3 Å². The number of likely N-dealkylation sites (N-methyl/N-ethyl adjacent to an activating group) is 1. The van der Waals surface area contributed by atoms with Crippen LogP contribution in [0.25, 0.3) is 0 Å². The predicted octanol–water partition coefficient (Wildman–Crippen LogP) is 2.64. The summed E-state index contributed by atoms with van der Waals surface area (Å²) in [7, 11) is 1.98. The maximum atomic E-state index is 5.61. The Morgan fingerprint density at radius 3 is 2.67 bits per heavy atom. The molecule has 1 atom stereocenters. The quantitative estimate of drug-likeness (QED) is 0.761.